The second-order valence-corrected chi connectivity index (χ2v) is 5.17. The SMILES string of the molecule is C[C@@H](NC(=O)c1nn(C)cc1Br)[C@H]1CCCO1. The van der Waals surface area contributed by atoms with Crippen molar-refractivity contribution < 1.29 is 9.53 Å². The van der Waals surface area contributed by atoms with Crippen molar-refractivity contribution in [2.45, 2.75) is 31.9 Å². The summed E-state index contributed by atoms with van der Waals surface area (Å²) in [4.78, 5) is 12.0. The lowest BCUT2D eigenvalue weighted by Gasteiger charge is -2.19. The molecule has 0 aliphatic carbocycles. The number of carbonyl (C=O) groups is 1. The molecule has 94 valence electrons. The minimum atomic E-state index is -0.166. The summed E-state index contributed by atoms with van der Waals surface area (Å²) < 4.78 is 7.85. The molecule has 1 aromatic heterocycles. The molecule has 5 nitrogen and oxygen atoms in total. The molecular formula is C11H16BrN3O2. The zero-order valence-electron chi connectivity index (χ0n) is 9.94. The van der Waals surface area contributed by atoms with Gasteiger partial charge in [-0.05, 0) is 35.7 Å². The number of nitrogens with one attached hydrogen (secondary N) is 1. The number of aromatic nitrogens is 2. The molecular weight excluding hydrogens is 286 g/mol. The van der Waals surface area contributed by atoms with E-state index in [2.05, 4.69) is 26.3 Å². The van der Waals surface area contributed by atoms with Gasteiger partial charge in [-0.3, -0.25) is 9.48 Å². The Bertz CT molecular complexity index is 413. The molecule has 1 saturated heterocycles. The molecule has 6 heteroatoms. The number of halogens is 1. The van der Waals surface area contributed by atoms with Gasteiger partial charge in [0.05, 0.1) is 16.6 Å². The van der Waals surface area contributed by atoms with Gasteiger partial charge in [-0.15, -0.1) is 0 Å². The van der Waals surface area contributed by atoms with Crippen molar-refractivity contribution in [3.8, 4) is 0 Å². The topological polar surface area (TPSA) is 56.2 Å². The number of carbonyl (C=O) groups excluding carboxylic acids is 1. The molecule has 1 amide bonds. The average molecular weight is 302 g/mol. The number of amides is 1. The highest BCUT2D eigenvalue weighted by molar-refractivity contribution is 9.10. The van der Waals surface area contributed by atoms with Crippen LogP contribution in [0.4, 0.5) is 0 Å². The van der Waals surface area contributed by atoms with Crippen LogP contribution in [0.2, 0.25) is 0 Å². The Balaban J connectivity index is 1.98. The lowest BCUT2D eigenvalue weighted by molar-refractivity contribution is 0.0708. The van der Waals surface area contributed by atoms with E-state index < -0.39 is 0 Å². The van der Waals surface area contributed by atoms with Crippen molar-refractivity contribution in [3.05, 3.63) is 16.4 Å². The first-order chi connectivity index (χ1) is 8.08. The van der Waals surface area contributed by atoms with Gasteiger partial charge in [-0.1, -0.05) is 0 Å². The lowest BCUT2D eigenvalue weighted by atomic mass is 10.1. The van der Waals surface area contributed by atoms with E-state index in [0.29, 0.717) is 10.2 Å². The standard InChI is InChI=1S/C11H16BrN3O2/c1-7(9-4-3-5-17-9)13-11(16)10-8(12)6-15(2)14-10/h6-7,9H,3-5H2,1-2H3,(H,13,16)/t7-,9-/m1/s1. The van der Waals surface area contributed by atoms with Crippen LogP contribution >= 0.6 is 15.9 Å². The number of aryl methyl sites for hydroxylation is 1. The maximum absolute atomic E-state index is 12.0. The third-order valence-corrected chi connectivity index (χ3v) is 3.46. The summed E-state index contributed by atoms with van der Waals surface area (Å²) in [6.07, 6.45) is 3.95. The molecule has 2 rings (SSSR count). The van der Waals surface area contributed by atoms with Crippen LogP contribution in [0.3, 0.4) is 0 Å². The van der Waals surface area contributed by atoms with E-state index in [1.807, 2.05) is 6.92 Å². The molecule has 0 aromatic carbocycles. The van der Waals surface area contributed by atoms with Gasteiger partial charge in [0, 0.05) is 19.9 Å². The number of ether oxygens (including phenoxy) is 1. The maximum atomic E-state index is 12.0. The fraction of sp³-hybridized carbons (Fsp3) is 0.636. The Morgan fingerprint density at radius 3 is 3.06 bits per heavy atom. The third kappa shape index (κ3) is 2.87. The van der Waals surface area contributed by atoms with Crippen LogP contribution in [-0.4, -0.2) is 34.4 Å². The van der Waals surface area contributed by atoms with Crippen LogP contribution in [0.15, 0.2) is 10.7 Å². The molecule has 1 aliphatic heterocycles. The number of nitrogens with zero attached hydrogens (tertiary/aromatic N) is 2. The summed E-state index contributed by atoms with van der Waals surface area (Å²) in [5.74, 6) is -0.166. The Kier molecular flexibility index (Phi) is 3.83. The Morgan fingerprint density at radius 2 is 2.53 bits per heavy atom. The fourth-order valence-corrected chi connectivity index (χ4v) is 2.53. The molecule has 2 atom stereocenters. The van der Waals surface area contributed by atoms with E-state index in [9.17, 15) is 4.79 Å². The van der Waals surface area contributed by atoms with Crippen LogP contribution in [0.5, 0.6) is 0 Å². The Labute approximate surface area is 109 Å². The maximum Gasteiger partial charge on any atom is 0.273 e. The van der Waals surface area contributed by atoms with Gasteiger partial charge in [0.15, 0.2) is 5.69 Å². The van der Waals surface area contributed by atoms with Gasteiger partial charge >= 0.3 is 0 Å². The normalized spacial score (nSPS) is 21.5. The van der Waals surface area contributed by atoms with Gasteiger partial charge in [0.25, 0.3) is 5.91 Å². The second kappa shape index (κ2) is 5.18. The summed E-state index contributed by atoms with van der Waals surface area (Å²) >= 11 is 3.32. The van der Waals surface area contributed by atoms with Gasteiger partial charge < -0.3 is 10.1 Å². The monoisotopic (exact) mass is 301 g/mol. The van der Waals surface area contributed by atoms with Gasteiger partial charge in [-0.2, -0.15) is 5.10 Å². The predicted molar refractivity (Wildman–Crippen MR) is 66.8 cm³/mol. The summed E-state index contributed by atoms with van der Waals surface area (Å²) in [5, 5.41) is 7.03. The molecule has 1 N–H and O–H groups in total. The Morgan fingerprint density at radius 1 is 1.76 bits per heavy atom. The van der Waals surface area contributed by atoms with Crippen molar-refractivity contribution in [2.24, 2.45) is 7.05 Å². The minimum Gasteiger partial charge on any atom is -0.376 e. The molecule has 1 fully saturated rings. The van der Waals surface area contributed by atoms with Gasteiger partial charge in [0.2, 0.25) is 0 Å². The number of rotatable bonds is 3. The number of hydrogen-bond acceptors (Lipinski definition) is 3. The minimum absolute atomic E-state index is 0.0129. The van der Waals surface area contributed by atoms with Crippen molar-refractivity contribution in [3.63, 3.8) is 0 Å². The smallest absolute Gasteiger partial charge is 0.273 e. The van der Waals surface area contributed by atoms with E-state index in [4.69, 9.17) is 4.74 Å². The van der Waals surface area contributed by atoms with Crippen molar-refractivity contribution in [1.29, 1.82) is 0 Å². The first-order valence-electron chi connectivity index (χ1n) is 5.69. The highest BCUT2D eigenvalue weighted by Crippen LogP contribution is 2.17. The molecule has 0 radical (unpaired) electrons. The van der Waals surface area contributed by atoms with E-state index in [0.717, 1.165) is 19.4 Å². The van der Waals surface area contributed by atoms with Crippen molar-refractivity contribution in [2.75, 3.05) is 6.61 Å². The van der Waals surface area contributed by atoms with Crippen molar-refractivity contribution in [1.82, 2.24) is 15.1 Å². The summed E-state index contributed by atoms with van der Waals surface area (Å²) in [6, 6.07) is 0.0129. The van der Waals surface area contributed by atoms with Crippen LogP contribution < -0.4 is 5.32 Å². The van der Waals surface area contributed by atoms with Crippen molar-refractivity contribution >= 4 is 21.8 Å². The van der Waals surface area contributed by atoms with E-state index in [1.54, 1.807) is 17.9 Å². The number of hydrogen-bond donors (Lipinski definition) is 1. The molecule has 1 aliphatic rings. The predicted octanol–water partition coefficient (Wildman–Crippen LogP) is 1.48. The quantitative estimate of drug-likeness (QED) is 0.920. The van der Waals surface area contributed by atoms with Crippen LogP contribution in [0.1, 0.15) is 30.3 Å². The summed E-state index contributed by atoms with van der Waals surface area (Å²) in [5.41, 5.74) is 0.414. The van der Waals surface area contributed by atoms with Crippen LogP contribution in [0, 0.1) is 0 Å². The fourth-order valence-electron chi connectivity index (χ4n) is 1.98. The molecule has 2 heterocycles. The van der Waals surface area contributed by atoms with Gasteiger partial charge in [0.1, 0.15) is 0 Å². The zero-order chi connectivity index (χ0) is 12.4. The first-order valence-corrected chi connectivity index (χ1v) is 6.49. The lowest BCUT2D eigenvalue weighted by Crippen LogP contribution is -2.41. The average Bonchev–Trinajstić information content (AvgIpc) is 2.87. The van der Waals surface area contributed by atoms with E-state index in [-0.39, 0.29) is 18.1 Å². The molecule has 0 unspecified atom stereocenters. The van der Waals surface area contributed by atoms with Crippen LogP contribution in [-0.2, 0) is 11.8 Å². The van der Waals surface area contributed by atoms with E-state index in [1.165, 1.54) is 0 Å². The van der Waals surface area contributed by atoms with Crippen LogP contribution in [0.25, 0.3) is 0 Å². The molecule has 1 aromatic rings. The summed E-state index contributed by atoms with van der Waals surface area (Å²) in [6.45, 7) is 2.75. The largest absolute Gasteiger partial charge is 0.376 e. The Hall–Kier alpha value is -0.880. The highest BCUT2D eigenvalue weighted by Gasteiger charge is 2.25. The second-order valence-electron chi connectivity index (χ2n) is 4.31. The molecule has 0 bridgehead atoms. The zero-order valence-corrected chi connectivity index (χ0v) is 11.5. The molecule has 0 spiro atoms. The van der Waals surface area contributed by atoms with Gasteiger partial charge in [-0.25, -0.2) is 0 Å². The summed E-state index contributed by atoms with van der Waals surface area (Å²) in [7, 11) is 1.78. The highest BCUT2D eigenvalue weighted by atomic mass is 79.9. The molecule has 17 heavy (non-hydrogen) atoms. The molecule has 0 saturated carbocycles. The third-order valence-electron chi connectivity index (χ3n) is 2.88. The van der Waals surface area contributed by atoms with E-state index >= 15 is 0 Å². The first kappa shape index (κ1) is 12.6.